The highest BCUT2D eigenvalue weighted by molar-refractivity contribution is 7.07. The Balaban J connectivity index is 1.77. The molecule has 0 bridgehead atoms. The van der Waals surface area contributed by atoms with Gasteiger partial charge in [0.25, 0.3) is 11.5 Å². The Morgan fingerprint density at radius 3 is 2.70 bits per heavy atom. The number of rotatable bonds is 9. The maximum absolute atomic E-state index is 12.9. The minimum atomic E-state index is -0.707. The molecule has 11 nitrogen and oxygen atoms in total. The summed E-state index contributed by atoms with van der Waals surface area (Å²) >= 11 is 1.01. The molecule has 194 valence electrons. The van der Waals surface area contributed by atoms with E-state index in [9.17, 15) is 19.6 Å². The molecule has 12 heteroatoms. The van der Waals surface area contributed by atoms with Gasteiger partial charge in [0, 0.05) is 36.7 Å². The summed E-state index contributed by atoms with van der Waals surface area (Å²) in [6, 6.07) is 11.1. The van der Waals surface area contributed by atoms with Crippen molar-refractivity contribution in [3.63, 3.8) is 0 Å². The third-order valence-electron chi connectivity index (χ3n) is 6.00. The zero-order valence-electron chi connectivity index (χ0n) is 21.1. The van der Waals surface area contributed by atoms with Crippen LogP contribution in [0.15, 0.2) is 29.1 Å². The van der Waals surface area contributed by atoms with E-state index < -0.39 is 5.91 Å². The molecule has 0 radical (unpaired) electrons. The largest absolute Gasteiger partial charge is 0.360 e. The van der Waals surface area contributed by atoms with Crippen molar-refractivity contribution in [1.82, 2.24) is 19.7 Å². The minimum absolute atomic E-state index is 0.110. The number of aromatic nitrogens is 1. The van der Waals surface area contributed by atoms with E-state index in [-0.39, 0.29) is 41.3 Å². The van der Waals surface area contributed by atoms with Gasteiger partial charge in [-0.2, -0.15) is 10.5 Å². The second-order valence-electron chi connectivity index (χ2n) is 8.69. The Kier molecular flexibility index (Phi) is 9.57. The summed E-state index contributed by atoms with van der Waals surface area (Å²) in [5, 5.41) is 26.5. The Bertz CT molecular complexity index is 1410. The van der Waals surface area contributed by atoms with Crippen molar-refractivity contribution >= 4 is 46.3 Å². The molecule has 1 aromatic heterocycles. The molecule has 2 amide bonds. The predicted octanol–water partition coefficient (Wildman–Crippen LogP) is -0.332. The van der Waals surface area contributed by atoms with E-state index in [4.69, 9.17) is 5.26 Å². The Labute approximate surface area is 218 Å². The van der Waals surface area contributed by atoms with Gasteiger partial charge in [0.15, 0.2) is 5.57 Å². The van der Waals surface area contributed by atoms with Gasteiger partial charge in [-0.15, -0.1) is 11.3 Å². The quantitative estimate of drug-likeness (QED) is 0.380. The van der Waals surface area contributed by atoms with Crippen molar-refractivity contribution in [3.8, 4) is 12.1 Å². The number of hydrogen-bond donors (Lipinski definition) is 3. The van der Waals surface area contributed by atoms with Crippen LogP contribution in [-0.4, -0.2) is 72.5 Å². The summed E-state index contributed by atoms with van der Waals surface area (Å²) in [5.74, 6) is -0.817. The fraction of sp³-hybridized carbons (Fsp3) is 0.400. The molecule has 2 heterocycles. The van der Waals surface area contributed by atoms with Crippen LogP contribution in [0, 0.1) is 22.7 Å². The van der Waals surface area contributed by atoms with Gasteiger partial charge in [0.2, 0.25) is 5.91 Å². The van der Waals surface area contributed by atoms with Crippen LogP contribution in [0.5, 0.6) is 0 Å². The van der Waals surface area contributed by atoms with Crippen molar-refractivity contribution in [2.24, 2.45) is 0 Å². The van der Waals surface area contributed by atoms with E-state index in [2.05, 4.69) is 32.8 Å². The van der Waals surface area contributed by atoms with Crippen LogP contribution in [0.4, 0.5) is 11.4 Å². The van der Waals surface area contributed by atoms with Crippen molar-refractivity contribution in [1.29, 1.82) is 10.5 Å². The molecule has 1 atom stereocenters. The molecule has 1 fully saturated rings. The van der Waals surface area contributed by atoms with E-state index in [1.165, 1.54) is 10.8 Å². The van der Waals surface area contributed by atoms with Gasteiger partial charge in [-0.05, 0) is 52.2 Å². The second-order valence-corrected chi connectivity index (χ2v) is 9.72. The number of nitrogens with zero attached hydrogens (tertiary/aromatic N) is 5. The summed E-state index contributed by atoms with van der Waals surface area (Å²) in [6.07, 6.45) is 2.55. The monoisotopic (exact) mass is 522 g/mol. The molecule has 37 heavy (non-hydrogen) atoms. The number of hydrogen-bond acceptors (Lipinski definition) is 9. The molecule has 1 saturated heterocycles. The molecular weight excluding hydrogens is 492 g/mol. The molecule has 0 spiro atoms. The highest BCUT2D eigenvalue weighted by Gasteiger charge is 2.24. The fourth-order valence-corrected chi connectivity index (χ4v) is 5.15. The van der Waals surface area contributed by atoms with E-state index in [0.29, 0.717) is 21.9 Å². The minimum Gasteiger partial charge on any atom is -0.360 e. The van der Waals surface area contributed by atoms with Gasteiger partial charge in [0.05, 0.1) is 12.6 Å². The van der Waals surface area contributed by atoms with Crippen LogP contribution in [-0.2, 0) is 16.1 Å². The molecule has 1 aromatic carbocycles. The van der Waals surface area contributed by atoms with Crippen LogP contribution in [0.2, 0.25) is 0 Å². The number of nitrogens with one attached hydrogen (secondary N) is 3. The fourth-order valence-electron chi connectivity index (χ4n) is 4.06. The van der Waals surface area contributed by atoms with Crippen LogP contribution in [0.3, 0.4) is 0 Å². The van der Waals surface area contributed by atoms with Crippen LogP contribution in [0.25, 0.3) is 11.8 Å². The van der Waals surface area contributed by atoms with Gasteiger partial charge < -0.3 is 20.9 Å². The van der Waals surface area contributed by atoms with E-state index in [1.54, 1.807) is 37.3 Å². The number of likely N-dealkylation sites (tertiary alicyclic amines) is 1. The average Bonchev–Trinajstić information content (AvgIpc) is 3.44. The maximum atomic E-state index is 12.9. The molecule has 1 unspecified atom stereocenters. The topological polar surface area (TPSA) is 146 Å². The number of carbonyl (C=O) groups is 2. The van der Waals surface area contributed by atoms with Crippen LogP contribution in [0.1, 0.15) is 13.3 Å². The SMILES string of the molecule is CCn1c(=C(C#N)C(=O)NCC#N)sc(=CNc2cccc(NC(=O)CN(C)C3CCN(C)C3)c2)c1=O. The lowest BCUT2D eigenvalue weighted by molar-refractivity contribution is -0.117. The van der Waals surface area contributed by atoms with Crippen molar-refractivity contribution in [2.75, 3.05) is 50.9 Å². The Hall–Kier alpha value is -3.97. The highest BCUT2D eigenvalue weighted by Crippen LogP contribution is 2.16. The van der Waals surface area contributed by atoms with Crippen molar-refractivity contribution in [3.05, 3.63) is 43.8 Å². The molecular formula is C25H30N8O3S. The van der Waals surface area contributed by atoms with Crippen LogP contribution >= 0.6 is 11.3 Å². The Morgan fingerprint density at radius 2 is 2.05 bits per heavy atom. The number of anilines is 2. The first-order chi connectivity index (χ1) is 17.8. The van der Waals surface area contributed by atoms with Gasteiger partial charge >= 0.3 is 0 Å². The molecule has 3 rings (SSSR count). The van der Waals surface area contributed by atoms with E-state index in [0.717, 1.165) is 30.8 Å². The lowest BCUT2D eigenvalue weighted by atomic mass is 10.2. The molecule has 0 aliphatic carbocycles. The zero-order valence-corrected chi connectivity index (χ0v) is 21.9. The highest BCUT2D eigenvalue weighted by atomic mass is 32.1. The lowest BCUT2D eigenvalue weighted by Gasteiger charge is -2.23. The second kappa shape index (κ2) is 12.8. The lowest BCUT2D eigenvalue weighted by Crippen LogP contribution is -2.39. The number of likely N-dealkylation sites (N-methyl/N-ethyl adjacent to an activating group) is 2. The predicted molar refractivity (Wildman–Crippen MR) is 143 cm³/mol. The summed E-state index contributed by atoms with van der Waals surface area (Å²) in [5.41, 5.74) is 0.698. The molecule has 2 aromatic rings. The molecule has 3 N–H and O–H groups in total. The third-order valence-corrected chi connectivity index (χ3v) is 7.13. The molecule has 1 aliphatic rings. The average molecular weight is 523 g/mol. The first-order valence-corrected chi connectivity index (χ1v) is 12.6. The van der Waals surface area contributed by atoms with Crippen LogP contribution < -0.4 is 30.7 Å². The number of amides is 2. The number of benzene rings is 1. The smallest absolute Gasteiger partial charge is 0.270 e. The number of nitriles is 2. The Morgan fingerprint density at radius 1 is 1.30 bits per heavy atom. The summed E-state index contributed by atoms with van der Waals surface area (Å²) < 4.78 is 1.87. The third kappa shape index (κ3) is 7.05. The van der Waals surface area contributed by atoms with Gasteiger partial charge in [-0.25, -0.2) is 0 Å². The van der Waals surface area contributed by atoms with E-state index in [1.807, 2.05) is 13.1 Å². The van der Waals surface area contributed by atoms with Crippen molar-refractivity contribution < 1.29 is 9.59 Å². The standard InChI is InChI=1S/C25H30N8O3S/c1-4-33-24(36)21(37-25(33)20(13-27)23(35)28-10-9-26)14-29-17-6-5-7-18(12-17)30-22(34)16-32(3)19-8-11-31(2)15-19/h5-7,12,14,19,29H,4,8,10-11,15-16H2,1-3H3,(H,28,35)(H,30,34). The van der Waals surface area contributed by atoms with Crippen molar-refractivity contribution in [2.45, 2.75) is 25.9 Å². The molecule has 0 saturated carbocycles. The first kappa shape index (κ1) is 27.6. The van der Waals surface area contributed by atoms with Gasteiger partial charge in [0.1, 0.15) is 21.8 Å². The van der Waals surface area contributed by atoms with E-state index >= 15 is 0 Å². The maximum Gasteiger partial charge on any atom is 0.270 e. The number of thiazole rings is 1. The molecule has 1 aliphatic heterocycles. The van der Waals surface area contributed by atoms with Gasteiger partial charge in [-0.1, -0.05) is 6.07 Å². The zero-order chi connectivity index (χ0) is 26.9. The summed E-state index contributed by atoms with van der Waals surface area (Å²) in [7, 11) is 4.03. The normalized spacial score (nSPS) is 16.7. The first-order valence-electron chi connectivity index (χ1n) is 11.8. The summed E-state index contributed by atoms with van der Waals surface area (Å²) in [6.45, 7) is 4.03. The van der Waals surface area contributed by atoms with Gasteiger partial charge in [-0.3, -0.25) is 23.9 Å². The number of carbonyl (C=O) groups excluding carboxylic acids is 2. The summed E-state index contributed by atoms with van der Waals surface area (Å²) in [4.78, 5) is 42.0.